The molecule has 0 saturated heterocycles. The van der Waals surface area contributed by atoms with Crippen molar-refractivity contribution in [3.8, 4) is 0 Å². The SMILES string of the molecule is CC.CNc1cccc2ccccc12. The standard InChI is InChI=1S/C11H11N.C2H6/c1-12-11-8-4-6-9-5-2-3-7-10(9)11;1-2/h2-8,12H,1H3;1-2H3. The van der Waals surface area contributed by atoms with E-state index >= 15 is 0 Å². The topological polar surface area (TPSA) is 12.0 Å². The van der Waals surface area contributed by atoms with Gasteiger partial charge in [-0.1, -0.05) is 50.2 Å². The minimum atomic E-state index is 1.19. The highest BCUT2D eigenvalue weighted by atomic mass is 14.8. The lowest BCUT2D eigenvalue weighted by Gasteiger charge is -2.04. The van der Waals surface area contributed by atoms with Gasteiger partial charge in [-0.3, -0.25) is 0 Å². The van der Waals surface area contributed by atoms with Crippen LogP contribution in [0.3, 0.4) is 0 Å². The zero-order valence-corrected chi connectivity index (χ0v) is 9.04. The molecule has 0 aromatic heterocycles. The van der Waals surface area contributed by atoms with Crippen molar-refractivity contribution >= 4 is 16.5 Å². The number of anilines is 1. The molecule has 2 rings (SSSR count). The largest absolute Gasteiger partial charge is 0.388 e. The molecule has 0 atom stereocenters. The molecule has 0 heterocycles. The summed E-state index contributed by atoms with van der Waals surface area (Å²) in [6.07, 6.45) is 0. The molecule has 2 aromatic rings. The second-order valence-electron chi connectivity index (χ2n) is 2.78. The van der Waals surface area contributed by atoms with Crippen molar-refractivity contribution in [2.24, 2.45) is 0 Å². The normalized spacial score (nSPS) is 9.07. The Bertz CT molecular complexity index is 388. The average molecular weight is 187 g/mol. The zero-order valence-electron chi connectivity index (χ0n) is 9.04. The molecular weight excluding hydrogens is 170 g/mol. The van der Waals surface area contributed by atoms with Gasteiger partial charge >= 0.3 is 0 Å². The Morgan fingerprint density at radius 3 is 2.21 bits per heavy atom. The third-order valence-electron chi connectivity index (χ3n) is 2.06. The van der Waals surface area contributed by atoms with Crippen LogP contribution in [0, 0.1) is 0 Å². The van der Waals surface area contributed by atoms with Gasteiger partial charge in [0.05, 0.1) is 0 Å². The summed E-state index contributed by atoms with van der Waals surface area (Å²) in [5.74, 6) is 0. The highest BCUT2D eigenvalue weighted by Crippen LogP contribution is 2.21. The van der Waals surface area contributed by atoms with Crippen LogP contribution in [0.5, 0.6) is 0 Å². The van der Waals surface area contributed by atoms with Crippen LogP contribution in [0.25, 0.3) is 10.8 Å². The molecule has 1 nitrogen and oxygen atoms in total. The first-order valence-electron chi connectivity index (χ1n) is 5.07. The van der Waals surface area contributed by atoms with Gasteiger partial charge < -0.3 is 5.32 Å². The molecule has 0 unspecified atom stereocenters. The molecule has 1 N–H and O–H groups in total. The molecule has 14 heavy (non-hydrogen) atoms. The summed E-state index contributed by atoms with van der Waals surface area (Å²) in [6.45, 7) is 4.00. The van der Waals surface area contributed by atoms with Crippen LogP contribution in [0.15, 0.2) is 42.5 Å². The minimum absolute atomic E-state index is 1.19. The van der Waals surface area contributed by atoms with Crippen LogP contribution in [0.4, 0.5) is 5.69 Å². The van der Waals surface area contributed by atoms with Gasteiger partial charge in [-0.2, -0.15) is 0 Å². The lowest BCUT2D eigenvalue weighted by Crippen LogP contribution is -1.88. The predicted molar refractivity (Wildman–Crippen MR) is 64.8 cm³/mol. The molecule has 0 radical (unpaired) electrons. The van der Waals surface area contributed by atoms with Crippen molar-refractivity contribution in [2.45, 2.75) is 13.8 Å². The molecule has 0 saturated carbocycles. The van der Waals surface area contributed by atoms with Gasteiger partial charge in [0.1, 0.15) is 0 Å². The van der Waals surface area contributed by atoms with Crippen molar-refractivity contribution in [1.82, 2.24) is 0 Å². The summed E-state index contributed by atoms with van der Waals surface area (Å²) >= 11 is 0. The lowest BCUT2D eigenvalue weighted by molar-refractivity contribution is 1.50. The molecule has 1 heteroatoms. The van der Waals surface area contributed by atoms with Gasteiger partial charge in [-0.05, 0) is 11.5 Å². The van der Waals surface area contributed by atoms with Crippen LogP contribution in [0.2, 0.25) is 0 Å². The molecule has 2 aromatic carbocycles. The molecule has 0 fully saturated rings. The molecule has 0 aliphatic heterocycles. The molecule has 0 spiro atoms. The maximum atomic E-state index is 3.17. The second kappa shape index (κ2) is 5.28. The fourth-order valence-corrected chi connectivity index (χ4v) is 1.44. The summed E-state index contributed by atoms with van der Waals surface area (Å²) in [5, 5.41) is 5.73. The smallest absolute Gasteiger partial charge is 0.0417 e. The zero-order chi connectivity index (χ0) is 10.4. The van der Waals surface area contributed by atoms with E-state index in [-0.39, 0.29) is 0 Å². The molecule has 0 amide bonds. The first kappa shape index (κ1) is 10.6. The quantitative estimate of drug-likeness (QED) is 0.713. The number of nitrogens with one attached hydrogen (secondary N) is 1. The van der Waals surface area contributed by atoms with Gasteiger partial charge in [0, 0.05) is 18.1 Å². The van der Waals surface area contributed by atoms with E-state index in [9.17, 15) is 0 Å². The Morgan fingerprint density at radius 1 is 0.857 bits per heavy atom. The van der Waals surface area contributed by atoms with Gasteiger partial charge in [0.25, 0.3) is 0 Å². The van der Waals surface area contributed by atoms with Crippen molar-refractivity contribution < 1.29 is 0 Å². The van der Waals surface area contributed by atoms with Gasteiger partial charge in [0.2, 0.25) is 0 Å². The predicted octanol–water partition coefficient (Wildman–Crippen LogP) is 3.91. The van der Waals surface area contributed by atoms with E-state index in [0.717, 1.165) is 0 Å². The van der Waals surface area contributed by atoms with Crippen molar-refractivity contribution in [2.75, 3.05) is 12.4 Å². The van der Waals surface area contributed by atoms with Gasteiger partial charge in [-0.15, -0.1) is 0 Å². The first-order chi connectivity index (χ1) is 6.92. The van der Waals surface area contributed by atoms with Crippen LogP contribution >= 0.6 is 0 Å². The fourth-order valence-electron chi connectivity index (χ4n) is 1.44. The Labute approximate surface area is 85.8 Å². The van der Waals surface area contributed by atoms with Gasteiger partial charge in [0.15, 0.2) is 0 Å². The summed E-state index contributed by atoms with van der Waals surface area (Å²) in [5.41, 5.74) is 1.19. The highest BCUT2D eigenvalue weighted by molar-refractivity contribution is 5.93. The number of rotatable bonds is 1. The van der Waals surface area contributed by atoms with Crippen molar-refractivity contribution in [1.29, 1.82) is 0 Å². The van der Waals surface area contributed by atoms with Crippen LogP contribution in [-0.2, 0) is 0 Å². The van der Waals surface area contributed by atoms with E-state index in [1.807, 2.05) is 20.9 Å². The van der Waals surface area contributed by atoms with Crippen molar-refractivity contribution in [3.05, 3.63) is 42.5 Å². The van der Waals surface area contributed by atoms with Crippen LogP contribution < -0.4 is 5.32 Å². The average Bonchev–Trinajstić information content (AvgIpc) is 2.31. The molecular formula is C13H17N. The van der Waals surface area contributed by atoms with E-state index in [2.05, 4.69) is 47.8 Å². The van der Waals surface area contributed by atoms with E-state index in [1.54, 1.807) is 0 Å². The maximum Gasteiger partial charge on any atom is 0.0417 e. The van der Waals surface area contributed by atoms with E-state index in [0.29, 0.717) is 0 Å². The molecule has 74 valence electrons. The summed E-state index contributed by atoms with van der Waals surface area (Å²) in [7, 11) is 1.95. The molecule has 0 bridgehead atoms. The Kier molecular flexibility index (Phi) is 3.99. The number of hydrogen-bond acceptors (Lipinski definition) is 1. The van der Waals surface area contributed by atoms with E-state index < -0.39 is 0 Å². The molecule has 0 aliphatic rings. The Balaban J connectivity index is 0.000000461. The van der Waals surface area contributed by atoms with E-state index in [4.69, 9.17) is 0 Å². The number of fused-ring (bicyclic) bond motifs is 1. The lowest BCUT2D eigenvalue weighted by atomic mass is 10.1. The van der Waals surface area contributed by atoms with Crippen LogP contribution in [-0.4, -0.2) is 7.05 Å². The monoisotopic (exact) mass is 187 g/mol. The fraction of sp³-hybridized carbons (Fsp3) is 0.231. The number of benzene rings is 2. The second-order valence-corrected chi connectivity index (χ2v) is 2.78. The minimum Gasteiger partial charge on any atom is -0.388 e. The highest BCUT2D eigenvalue weighted by Gasteiger charge is 1.95. The summed E-state index contributed by atoms with van der Waals surface area (Å²) < 4.78 is 0. The molecule has 0 aliphatic carbocycles. The maximum absolute atomic E-state index is 3.17. The summed E-state index contributed by atoms with van der Waals surface area (Å²) in [6, 6.07) is 14.6. The third kappa shape index (κ3) is 2.05. The third-order valence-corrected chi connectivity index (χ3v) is 2.06. The van der Waals surface area contributed by atoms with Crippen LogP contribution in [0.1, 0.15) is 13.8 Å². The Hall–Kier alpha value is -1.50. The first-order valence-corrected chi connectivity index (χ1v) is 5.07. The summed E-state index contributed by atoms with van der Waals surface area (Å²) in [4.78, 5) is 0. The van der Waals surface area contributed by atoms with Crippen molar-refractivity contribution in [3.63, 3.8) is 0 Å². The van der Waals surface area contributed by atoms with Gasteiger partial charge in [-0.25, -0.2) is 0 Å². The Morgan fingerprint density at radius 2 is 1.50 bits per heavy atom. The van der Waals surface area contributed by atoms with E-state index in [1.165, 1.54) is 16.5 Å². The number of hydrogen-bond donors (Lipinski definition) is 1.